The highest BCUT2D eigenvalue weighted by molar-refractivity contribution is 6.21. The molecule has 1 atom stereocenters. The number of aromatic nitrogens is 1. The normalized spacial score (nSPS) is 24.6. The molecule has 0 bridgehead atoms. The van der Waals surface area contributed by atoms with Crippen LogP contribution >= 0.6 is 0 Å². The fourth-order valence-corrected chi connectivity index (χ4v) is 2.50. The van der Waals surface area contributed by atoms with Crippen LogP contribution < -0.4 is 0 Å². The Morgan fingerprint density at radius 1 is 1.32 bits per heavy atom. The van der Waals surface area contributed by atoms with Gasteiger partial charge in [-0.1, -0.05) is 0 Å². The zero-order valence-electron chi connectivity index (χ0n) is 10.5. The number of rotatable bonds is 1. The van der Waals surface area contributed by atoms with Gasteiger partial charge in [0.2, 0.25) is 0 Å². The molecule has 1 fully saturated rings. The molecule has 1 aromatic heterocycles. The summed E-state index contributed by atoms with van der Waals surface area (Å²) < 4.78 is 5.16. The molecule has 3 heterocycles. The minimum Gasteiger partial charge on any atom is -0.458 e. The van der Waals surface area contributed by atoms with E-state index in [0.717, 1.165) is 4.90 Å². The summed E-state index contributed by atoms with van der Waals surface area (Å²) in [6.45, 7) is 3.50. The second-order valence-corrected chi connectivity index (χ2v) is 5.28. The van der Waals surface area contributed by atoms with Gasteiger partial charge in [-0.25, -0.2) is 4.79 Å². The van der Waals surface area contributed by atoms with Crippen molar-refractivity contribution >= 4 is 17.8 Å². The van der Waals surface area contributed by atoms with Gasteiger partial charge >= 0.3 is 5.97 Å². The van der Waals surface area contributed by atoms with Crippen molar-refractivity contribution < 1.29 is 19.1 Å². The Bertz CT molecular complexity index is 573. The smallest absolute Gasteiger partial charge is 0.330 e. The van der Waals surface area contributed by atoms with E-state index in [1.165, 1.54) is 12.3 Å². The first kappa shape index (κ1) is 11.8. The molecule has 1 aromatic rings. The predicted octanol–water partition coefficient (Wildman–Crippen LogP) is 0.772. The number of carbonyl (C=O) groups excluding carboxylic acids is 3. The van der Waals surface area contributed by atoms with E-state index in [-0.39, 0.29) is 11.3 Å². The van der Waals surface area contributed by atoms with Crippen LogP contribution in [0.4, 0.5) is 0 Å². The number of nitrogens with zero attached hydrogens (tertiary/aromatic N) is 2. The largest absolute Gasteiger partial charge is 0.458 e. The first-order chi connectivity index (χ1) is 8.91. The number of carbonyl (C=O) groups is 3. The lowest BCUT2D eigenvalue weighted by Gasteiger charge is -2.19. The molecule has 0 saturated carbocycles. The number of hydrogen-bond donors (Lipinski definition) is 0. The van der Waals surface area contributed by atoms with E-state index in [1.807, 2.05) is 0 Å². The fourth-order valence-electron chi connectivity index (χ4n) is 2.50. The van der Waals surface area contributed by atoms with Gasteiger partial charge in [-0.3, -0.25) is 19.5 Å². The van der Waals surface area contributed by atoms with Crippen molar-refractivity contribution in [2.45, 2.75) is 31.9 Å². The zero-order valence-corrected chi connectivity index (χ0v) is 10.5. The molecule has 2 amide bonds. The van der Waals surface area contributed by atoms with Crippen LogP contribution in [-0.4, -0.2) is 39.3 Å². The summed E-state index contributed by atoms with van der Waals surface area (Å²) in [5, 5.41) is 0. The number of pyridine rings is 1. The number of amides is 2. The molecule has 0 aromatic carbocycles. The second-order valence-electron chi connectivity index (χ2n) is 5.28. The molecule has 6 heteroatoms. The maximum Gasteiger partial charge on any atom is 0.330 e. The van der Waals surface area contributed by atoms with Crippen LogP contribution in [0.15, 0.2) is 18.3 Å². The molecule has 0 unspecified atom stereocenters. The Morgan fingerprint density at radius 3 is 2.63 bits per heavy atom. The maximum atomic E-state index is 12.2. The summed E-state index contributed by atoms with van der Waals surface area (Å²) in [7, 11) is 0. The Morgan fingerprint density at radius 2 is 2.05 bits per heavy atom. The number of fused-ring (bicyclic) bond motifs is 1. The monoisotopic (exact) mass is 260 g/mol. The van der Waals surface area contributed by atoms with Gasteiger partial charge in [-0.2, -0.15) is 0 Å². The van der Waals surface area contributed by atoms with Crippen molar-refractivity contribution in [3.63, 3.8) is 0 Å². The van der Waals surface area contributed by atoms with Crippen molar-refractivity contribution in [3.8, 4) is 0 Å². The zero-order chi connectivity index (χ0) is 13.8. The highest BCUT2D eigenvalue weighted by Crippen LogP contribution is 2.33. The van der Waals surface area contributed by atoms with Gasteiger partial charge in [0.05, 0.1) is 5.56 Å². The summed E-state index contributed by atoms with van der Waals surface area (Å²) in [4.78, 5) is 41.1. The first-order valence-electron chi connectivity index (χ1n) is 5.96. The lowest BCUT2D eigenvalue weighted by Crippen LogP contribution is -2.42. The second kappa shape index (κ2) is 3.63. The van der Waals surface area contributed by atoms with E-state index < -0.39 is 29.4 Å². The number of ether oxygens (including phenoxy) is 1. The Kier molecular flexibility index (Phi) is 2.26. The molecule has 2 aliphatic heterocycles. The highest BCUT2D eigenvalue weighted by Gasteiger charge is 2.50. The van der Waals surface area contributed by atoms with E-state index in [2.05, 4.69) is 4.98 Å². The van der Waals surface area contributed by atoms with Crippen LogP contribution in [0.3, 0.4) is 0 Å². The van der Waals surface area contributed by atoms with Gasteiger partial charge in [-0.05, 0) is 26.0 Å². The van der Waals surface area contributed by atoms with Crippen LogP contribution in [0.2, 0.25) is 0 Å². The third kappa shape index (κ3) is 1.63. The third-order valence-corrected chi connectivity index (χ3v) is 3.32. The Labute approximate surface area is 109 Å². The predicted molar refractivity (Wildman–Crippen MR) is 63.3 cm³/mol. The van der Waals surface area contributed by atoms with Gasteiger partial charge in [0.25, 0.3) is 11.8 Å². The molecule has 0 spiro atoms. The van der Waals surface area contributed by atoms with E-state index in [0.29, 0.717) is 6.42 Å². The molecule has 0 aliphatic carbocycles. The van der Waals surface area contributed by atoms with Crippen molar-refractivity contribution in [2.24, 2.45) is 0 Å². The molecule has 0 radical (unpaired) electrons. The Balaban J connectivity index is 1.99. The quantitative estimate of drug-likeness (QED) is 0.550. The molecular weight excluding hydrogens is 248 g/mol. The average molecular weight is 260 g/mol. The molecule has 19 heavy (non-hydrogen) atoms. The van der Waals surface area contributed by atoms with Gasteiger partial charge in [0, 0.05) is 12.6 Å². The van der Waals surface area contributed by atoms with Crippen molar-refractivity contribution in [2.75, 3.05) is 0 Å². The topological polar surface area (TPSA) is 76.6 Å². The van der Waals surface area contributed by atoms with Crippen LogP contribution in [0, 0.1) is 0 Å². The summed E-state index contributed by atoms with van der Waals surface area (Å²) in [5.74, 6) is -1.55. The molecule has 6 nitrogen and oxygen atoms in total. The number of cyclic esters (lactones) is 1. The lowest BCUT2D eigenvalue weighted by molar-refractivity contribution is -0.148. The summed E-state index contributed by atoms with van der Waals surface area (Å²) in [6.07, 6.45) is 1.75. The molecule has 2 aliphatic rings. The summed E-state index contributed by atoms with van der Waals surface area (Å²) in [6, 6.07) is 2.27. The van der Waals surface area contributed by atoms with Crippen molar-refractivity contribution in [3.05, 3.63) is 29.6 Å². The number of esters is 1. The molecule has 0 N–H and O–H groups in total. The molecule has 98 valence electrons. The highest BCUT2D eigenvalue weighted by atomic mass is 16.6. The fraction of sp³-hybridized carbons (Fsp3) is 0.385. The number of hydrogen-bond acceptors (Lipinski definition) is 5. The van der Waals surface area contributed by atoms with Crippen LogP contribution in [0.1, 0.15) is 41.1 Å². The first-order valence-corrected chi connectivity index (χ1v) is 5.96. The van der Waals surface area contributed by atoms with E-state index in [1.54, 1.807) is 19.9 Å². The van der Waals surface area contributed by atoms with Crippen LogP contribution in [-0.2, 0) is 9.53 Å². The summed E-state index contributed by atoms with van der Waals surface area (Å²) in [5.41, 5.74) is -0.320. The molecule has 1 saturated heterocycles. The van der Waals surface area contributed by atoms with Crippen LogP contribution in [0.5, 0.6) is 0 Å². The maximum absolute atomic E-state index is 12.2. The van der Waals surface area contributed by atoms with E-state index >= 15 is 0 Å². The third-order valence-electron chi connectivity index (χ3n) is 3.32. The molecular formula is C13H12N2O4. The van der Waals surface area contributed by atoms with Crippen molar-refractivity contribution in [1.82, 2.24) is 9.88 Å². The average Bonchev–Trinajstić information content (AvgIpc) is 2.75. The van der Waals surface area contributed by atoms with Gasteiger partial charge in [0.15, 0.2) is 0 Å². The Hall–Kier alpha value is -2.24. The minimum atomic E-state index is -0.857. The van der Waals surface area contributed by atoms with Gasteiger partial charge < -0.3 is 4.74 Å². The summed E-state index contributed by atoms with van der Waals surface area (Å²) >= 11 is 0. The van der Waals surface area contributed by atoms with Crippen LogP contribution in [0.25, 0.3) is 0 Å². The van der Waals surface area contributed by atoms with Crippen molar-refractivity contribution in [1.29, 1.82) is 0 Å². The van der Waals surface area contributed by atoms with Gasteiger partial charge in [-0.15, -0.1) is 0 Å². The number of imide groups is 1. The SMILES string of the molecule is CC1(C)C[C@H](N2C(=O)c3cccnc3C2=O)C(=O)O1. The van der Waals surface area contributed by atoms with E-state index in [9.17, 15) is 14.4 Å². The lowest BCUT2D eigenvalue weighted by atomic mass is 10.0. The minimum absolute atomic E-state index is 0.102. The standard InChI is InChI=1S/C13H12N2O4/c1-13(2)6-8(12(18)19-13)15-10(16)7-4-3-5-14-9(7)11(15)17/h3-5,8H,6H2,1-2H3/t8-/m0/s1. The van der Waals surface area contributed by atoms with E-state index in [4.69, 9.17) is 4.74 Å². The molecule has 3 rings (SSSR count). The van der Waals surface area contributed by atoms with Gasteiger partial charge in [0.1, 0.15) is 17.3 Å².